The molecule has 0 unspecified atom stereocenters. The molecular weight excluding hydrogens is 252 g/mol. The first-order valence-corrected chi connectivity index (χ1v) is 6.14. The van der Waals surface area contributed by atoms with Gasteiger partial charge in [-0.25, -0.2) is 0 Å². The summed E-state index contributed by atoms with van der Waals surface area (Å²) in [4.78, 5) is 14.9. The van der Waals surface area contributed by atoms with Crippen molar-refractivity contribution in [1.29, 1.82) is 0 Å². The van der Waals surface area contributed by atoms with Crippen molar-refractivity contribution in [2.24, 2.45) is 5.11 Å². The summed E-state index contributed by atoms with van der Waals surface area (Å²) in [5, 5.41) is 6.35. The summed E-state index contributed by atoms with van der Waals surface area (Å²) in [6, 6.07) is 12.3. The predicted molar refractivity (Wildman–Crippen MR) is 79.1 cm³/mol. The predicted octanol–water partition coefficient (Wildman–Crippen LogP) is 4.50. The average molecular weight is 266 g/mol. The van der Waals surface area contributed by atoms with Crippen LogP contribution in [0.1, 0.15) is 21.5 Å². The Balaban J connectivity index is 2.26. The van der Waals surface area contributed by atoms with Gasteiger partial charge >= 0.3 is 0 Å². The molecule has 20 heavy (non-hydrogen) atoms. The molecule has 0 aliphatic rings. The lowest BCUT2D eigenvalue weighted by atomic mass is 10.1. The van der Waals surface area contributed by atoms with E-state index in [0.29, 0.717) is 11.3 Å². The molecule has 2 aromatic carbocycles. The Kier molecular flexibility index (Phi) is 4.03. The van der Waals surface area contributed by atoms with Crippen LogP contribution in [-0.2, 0) is 0 Å². The van der Waals surface area contributed by atoms with Gasteiger partial charge in [0, 0.05) is 21.8 Å². The Morgan fingerprint density at radius 1 is 1.20 bits per heavy atom. The normalized spacial score (nSPS) is 9.70. The monoisotopic (exact) mass is 266 g/mol. The summed E-state index contributed by atoms with van der Waals surface area (Å²) in [6.45, 7) is 3.95. The number of hydrogen-bond donors (Lipinski definition) is 1. The van der Waals surface area contributed by atoms with Crippen molar-refractivity contribution in [3.8, 4) is 0 Å². The number of carbonyl (C=O) groups is 1. The third kappa shape index (κ3) is 2.96. The molecule has 0 radical (unpaired) electrons. The SMILES string of the molecule is Cc1cccc(NC(=O)c2cccc(N=[N+]=[N-])c2)c1C. The summed E-state index contributed by atoms with van der Waals surface area (Å²) < 4.78 is 0. The van der Waals surface area contributed by atoms with Crippen LogP contribution in [-0.4, -0.2) is 5.91 Å². The van der Waals surface area contributed by atoms with E-state index in [0.717, 1.165) is 16.8 Å². The smallest absolute Gasteiger partial charge is 0.255 e. The zero-order valence-electron chi connectivity index (χ0n) is 11.3. The second kappa shape index (κ2) is 5.91. The molecular formula is C15H14N4O. The molecule has 5 nitrogen and oxygen atoms in total. The van der Waals surface area contributed by atoms with E-state index in [2.05, 4.69) is 15.3 Å². The molecule has 1 N–H and O–H groups in total. The molecule has 0 aliphatic heterocycles. The van der Waals surface area contributed by atoms with Crippen LogP contribution in [0.3, 0.4) is 0 Å². The first kappa shape index (κ1) is 13.6. The standard InChI is InChI=1S/C15H14N4O/c1-10-5-3-8-14(11(10)2)17-15(20)12-6-4-7-13(9-12)18-19-16/h3-9H,1-2H3,(H,17,20). The van der Waals surface area contributed by atoms with Crippen LogP contribution in [0.2, 0.25) is 0 Å². The molecule has 0 spiro atoms. The third-order valence-corrected chi connectivity index (χ3v) is 3.12. The van der Waals surface area contributed by atoms with Gasteiger partial charge in [-0.2, -0.15) is 0 Å². The number of benzene rings is 2. The highest BCUT2D eigenvalue weighted by atomic mass is 16.1. The molecule has 0 saturated heterocycles. The molecule has 0 heterocycles. The largest absolute Gasteiger partial charge is 0.322 e. The fourth-order valence-electron chi connectivity index (χ4n) is 1.84. The van der Waals surface area contributed by atoms with Crippen LogP contribution >= 0.6 is 0 Å². The van der Waals surface area contributed by atoms with Crippen molar-refractivity contribution in [1.82, 2.24) is 0 Å². The van der Waals surface area contributed by atoms with Gasteiger partial charge < -0.3 is 5.32 Å². The Labute approximate surface area is 116 Å². The quantitative estimate of drug-likeness (QED) is 0.495. The average Bonchev–Trinajstić information content (AvgIpc) is 2.44. The van der Waals surface area contributed by atoms with E-state index < -0.39 is 0 Å². The number of azide groups is 1. The van der Waals surface area contributed by atoms with E-state index >= 15 is 0 Å². The molecule has 0 saturated carbocycles. The lowest BCUT2D eigenvalue weighted by Crippen LogP contribution is -2.12. The van der Waals surface area contributed by atoms with Gasteiger partial charge in [0.2, 0.25) is 0 Å². The minimum atomic E-state index is -0.228. The van der Waals surface area contributed by atoms with Crippen LogP contribution < -0.4 is 5.32 Å². The topological polar surface area (TPSA) is 77.9 Å². The Morgan fingerprint density at radius 2 is 1.95 bits per heavy atom. The van der Waals surface area contributed by atoms with Gasteiger partial charge in [-0.3, -0.25) is 4.79 Å². The third-order valence-electron chi connectivity index (χ3n) is 3.12. The molecule has 0 fully saturated rings. The van der Waals surface area contributed by atoms with Gasteiger partial charge in [-0.05, 0) is 48.7 Å². The number of carbonyl (C=O) groups excluding carboxylic acids is 1. The molecule has 5 heteroatoms. The lowest BCUT2D eigenvalue weighted by molar-refractivity contribution is 0.102. The molecule has 100 valence electrons. The highest BCUT2D eigenvalue weighted by molar-refractivity contribution is 6.05. The Morgan fingerprint density at radius 3 is 2.70 bits per heavy atom. The van der Waals surface area contributed by atoms with Crippen molar-refractivity contribution in [2.45, 2.75) is 13.8 Å². The van der Waals surface area contributed by atoms with Crippen molar-refractivity contribution in [3.05, 3.63) is 69.6 Å². The van der Waals surface area contributed by atoms with Gasteiger partial charge in [0.15, 0.2) is 0 Å². The van der Waals surface area contributed by atoms with Gasteiger partial charge in [0.05, 0.1) is 0 Å². The highest BCUT2D eigenvalue weighted by Gasteiger charge is 2.08. The maximum absolute atomic E-state index is 12.2. The lowest BCUT2D eigenvalue weighted by Gasteiger charge is -2.10. The number of nitrogens with zero attached hydrogens (tertiary/aromatic N) is 3. The molecule has 0 atom stereocenters. The molecule has 1 amide bonds. The van der Waals surface area contributed by atoms with Gasteiger partial charge in [0.1, 0.15) is 0 Å². The van der Waals surface area contributed by atoms with Crippen LogP contribution in [0.15, 0.2) is 47.6 Å². The summed E-state index contributed by atoms with van der Waals surface area (Å²) in [5.41, 5.74) is 12.2. The minimum absolute atomic E-state index is 0.228. The molecule has 2 rings (SSSR count). The molecule has 0 aromatic heterocycles. The minimum Gasteiger partial charge on any atom is -0.322 e. The summed E-state index contributed by atoms with van der Waals surface area (Å²) in [6.07, 6.45) is 0. The number of nitrogens with one attached hydrogen (secondary N) is 1. The fraction of sp³-hybridized carbons (Fsp3) is 0.133. The van der Waals surface area contributed by atoms with Gasteiger partial charge in [-0.1, -0.05) is 29.4 Å². The van der Waals surface area contributed by atoms with Crippen LogP contribution in [0.25, 0.3) is 10.4 Å². The number of aryl methyl sites for hydroxylation is 1. The van der Waals surface area contributed by atoms with E-state index in [1.807, 2.05) is 32.0 Å². The zero-order valence-corrected chi connectivity index (χ0v) is 11.3. The number of rotatable bonds is 3. The van der Waals surface area contributed by atoms with E-state index in [4.69, 9.17) is 5.53 Å². The summed E-state index contributed by atoms with van der Waals surface area (Å²) >= 11 is 0. The maximum atomic E-state index is 12.2. The van der Waals surface area contributed by atoms with E-state index in [9.17, 15) is 4.79 Å². The van der Waals surface area contributed by atoms with Crippen molar-refractivity contribution in [3.63, 3.8) is 0 Å². The highest BCUT2D eigenvalue weighted by Crippen LogP contribution is 2.20. The Hall–Kier alpha value is -2.78. The van der Waals surface area contributed by atoms with Crippen LogP contribution in [0.5, 0.6) is 0 Å². The summed E-state index contributed by atoms with van der Waals surface area (Å²) in [7, 11) is 0. The molecule has 2 aromatic rings. The van der Waals surface area contributed by atoms with Crippen molar-refractivity contribution in [2.75, 3.05) is 5.32 Å². The van der Waals surface area contributed by atoms with Crippen molar-refractivity contribution < 1.29 is 4.79 Å². The van der Waals surface area contributed by atoms with Crippen LogP contribution in [0, 0.1) is 13.8 Å². The first-order valence-electron chi connectivity index (χ1n) is 6.14. The van der Waals surface area contributed by atoms with Crippen molar-refractivity contribution >= 4 is 17.3 Å². The molecule has 0 aliphatic carbocycles. The number of hydrogen-bond acceptors (Lipinski definition) is 2. The first-order chi connectivity index (χ1) is 9.61. The van der Waals surface area contributed by atoms with Gasteiger partial charge in [-0.15, -0.1) is 0 Å². The summed E-state index contributed by atoms with van der Waals surface area (Å²) in [5.74, 6) is -0.228. The molecule has 0 bridgehead atoms. The Bertz CT molecular complexity index is 703. The number of amides is 1. The fourth-order valence-corrected chi connectivity index (χ4v) is 1.84. The van der Waals surface area contributed by atoms with E-state index in [-0.39, 0.29) is 5.91 Å². The second-order valence-corrected chi connectivity index (χ2v) is 4.44. The zero-order chi connectivity index (χ0) is 14.5. The van der Waals surface area contributed by atoms with Crippen LogP contribution in [0.4, 0.5) is 11.4 Å². The van der Waals surface area contributed by atoms with E-state index in [1.54, 1.807) is 24.3 Å². The second-order valence-electron chi connectivity index (χ2n) is 4.44. The van der Waals surface area contributed by atoms with E-state index in [1.165, 1.54) is 0 Å². The maximum Gasteiger partial charge on any atom is 0.255 e. The number of anilines is 1. The van der Waals surface area contributed by atoms with Gasteiger partial charge in [0.25, 0.3) is 5.91 Å².